The Balaban J connectivity index is 3.69. The number of amides is 3. The highest BCUT2D eigenvalue weighted by molar-refractivity contribution is 5.95. The highest BCUT2D eigenvalue weighted by atomic mass is 16.3. The smallest absolute Gasteiger partial charge is 0.321 e. The Labute approximate surface area is 102 Å². The number of urea groups is 1. The minimum atomic E-state index is -0.465. The van der Waals surface area contributed by atoms with E-state index in [1.54, 1.807) is 11.9 Å². The van der Waals surface area contributed by atoms with Crippen LogP contribution in [0.15, 0.2) is 0 Å². The van der Waals surface area contributed by atoms with E-state index >= 15 is 0 Å². The summed E-state index contributed by atoms with van der Waals surface area (Å²) in [6.07, 6.45) is 0.881. The third-order valence-electron chi connectivity index (χ3n) is 2.16. The van der Waals surface area contributed by atoms with E-state index in [-0.39, 0.29) is 19.1 Å². The topological polar surface area (TPSA) is 81.7 Å². The number of hydrogen-bond acceptors (Lipinski definition) is 4. The number of aliphatic hydroxyl groups is 1. The van der Waals surface area contributed by atoms with Gasteiger partial charge in [-0.2, -0.15) is 0 Å². The lowest BCUT2D eigenvalue weighted by molar-refractivity contribution is -0.120. The summed E-state index contributed by atoms with van der Waals surface area (Å²) in [7, 11) is 1.70. The van der Waals surface area contributed by atoms with Crippen LogP contribution in [0.25, 0.3) is 0 Å². The number of rotatable bonds is 7. The number of imide groups is 1. The maximum absolute atomic E-state index is 11.3. The van der Waals surface area contributed by atoms with Crippen molar-refractivity contribution in [3.05, 3.63) is 0 Å². The maximum atomic E-state index is 11.3. The zero-order valence-electron chi connectivity index (χ0n) is 10.8. The van der Waals surface area contributed by atoms with E-state index in [1.807, 2.05) is 0 Å². The molecule has 0 aromatic carbocycles. The first-order valence-corrected chi connectivity index (χ1v) is 5.82. The molecule has 0 radical (unpaired) electrons. The van der Waals surface area contributed by atoms with Crippen molar-refractivity contribution in [2.45, 2.75) is 20.3 Å². The number of carbonyl (C=O) groups excluding carboxylic acids is 2. The third kappa shape index (κ3) is 9.77. The van der Waals surface area contributed by atoms with E-state index in [2.05, 4.69) is 24.5 Å². The molecule has 0 atom stereocenters. The monoisotopic (exact) mass is 245 g/mol. The van der Waals surface area contributed by atoms with Crippen molar-refractivity contribution in [3.63, 3.8) is 0 Å². The number of nitrogens with zero attached hydrogens (tertiary/aromatic N) is 1. The Morgan fingerprint density at radius 2 is 2.00 bits per heavy atom. The van der Waals surface area contributed by atoms with Gasteiger partial charge in [0.25, 0.3) is 0 Å². The Hall–Kier alpha value is -1.14. The normalized spacial score (nSPS) is 10.7. The van der Waals surface area contributed by atoms with Gasteiger partial charge in [0, 0.05) is 13.1 Å². The summed E-state index contributed by atoms with van der Waals surface area (Å²) in [6, 6.07) is -0.465. The molecule has 0 aliphatic rings. The van der Waals surface area contributed by atoms with Crippen LogP contribution in [0.3, 0.4) is 0 Å². The first kappa shape index (κ1) is 15.9. The molecule has 100 valence electrons. The van der Waals surface area contributed by atoms with Gasteiger partial charge in [0.1, 0.15) is 0 Å². The van der Waals surface area contributed by atoms with Gasteiger partial charge >= 0.3 is 6.03 Å². The number of hydrogen-bond donors (Lipinski definition) is 3. The Bertz CT molecular complexity index is 244. The lowest BCUT2D eigenvalue weighted by atomic mass is 10.1. The summed E-state index contributed by atoms with van der Waals surface area (Å²) >= 11 is 0. The molecule has 0 aliphatic heterocycles. The molecule has 6 heteroatoms. The standard InChI is InChI=1S/C11H23N3O3/c1-9(2)4-5-12-11(17)13-10(16)8-14(3)6-7-15/h9,15H,4-8H2,1-3H3,(H2,12,13,16,17). The van der Waals surface area contributed by atoms with E-state index in [9.17, 15) is 9.59 Å². The molecular weight excluding hydrogens is 222 g/mol. The molecule has 6 nitrogen and oxygen atoms in total. The fourth-order valence-electron chi connectivity index (χ4n) is 1.18. The summed E-state index contributed by atoms with van der Waals surface area (Å²) in [5.74, 6) is 0.143. The minimum Gasteiger partial charge on any atom is -0.395 e. The van der Waals surface area contributed by atoms with Crippen LogP contribution >= 0.6 is 0 Å². The molecule has 0 aliphatic carbocycles. The zero-order chi connectivity index (χ0) is 13.3. The predicted molar refractivity (Wildman–Crippen MR) is 65.6 cm³/mol. The highest BCUT2D eigenvalue weighted by Crippen LogP contribution is 1.95. The Morgan fingerprint density at radius 3 is 2.53 bits per heavy atom. The van der Waals surface area contributed by atoms with Crippen molar-refractivity contribution < 1.29 is 14.7 Å². The zero-order valence-corrected chi connectivity index (χ0v) is 10.8. The number of nitrogens with one attached hydrogen (secondary N) is 2. The van der Waals surface area contributed by atoms with Gasteiger partial charge in [-0.15, -0.1) is 0 Å². The van der Waals surface area contributed by atoms with Gasteiger partial charge in [0.05, 0.1) is 13.2 Å². The van der Waals surface area contributed by atoms with Crippen molar-refractivity contribution in [2.24, 2.45) is 5.92 Å². The molecule has 0 unspecified atom stereocenters. The van der Waals surface area contributed by atoms with E-state index < -0.39 is 6.03 Å². The van der Waals surface area contributed by atoms with E-state index in [1.165, 1.54) is 0 Å². The molecule has 17 heavy (non-hydrogen) atoms. The van der Waals surface area contributed by atoms with Gasteiger partial charge in [-0.1, -0.05) is 13.8 Å². The van der Waals surface area contributed by atoms with Crippen LogP contribution in [0.4, 0.5) is 4.79 Å². The van der Waals surface area contributed by atoms with Gasteiger partial charge < -0.3 is 10.4 Å². The molecular formula is C11H23N3O3. The van der Waals surface area contributed by atoms with Crippen LogP contribution in [0.1, 0.15) is 20.3 Å². The first-order chi connectivity index (χ1) is 7.95. The average Bonchev–Trinajstić information content (AvgIpc) is 2.16. The lowest BCUT2D eigenvalue weighted by Gasteiger charge is -2.14. The van der Waals surface area contributed by atoms with Crippen LogP contribution < -0.4 is 10.6 Å². The minimum absolute atomic E-state index is 0.00956. The quantitative estimate of drug-likeness (QED) is 0.579. The SMILES string of the molecule is CC(C)CCNC(=O)NC(=O)CN(C)CCO. The van der Waals surface area contributed by atoms with Crippen LogP contribution in [0.2, 0.25) is 0 Å². The Kier molecular flexibility index (Phi) is 8.35. The summed E-state index contributed by atoms with van der Waals surface area (Å²) in [5, 5.41) is 13.5. The summed E-state index contributed by atoms with van der Waals surface area (Å²) < 4.78 is 0. The van der Waals surface area contributed by atoms with Gasteiger partial charge in [-0.3, -0.25) is 15.0 Å². The van der Waals surface area contributed by atoms with Gasteiger partial charge in [0.2, 0.25) is 5.91 Å². The maximum Gasteiger partial charge on any atom is 0.321 e. The molecule has 0 bridgehead atoms. The van der Waals surface area contributed by atoms with E-state index in [0.29, 0.717) is 19.0 Å². The molecule has 0 fully saturated rings. The second-order valence-electron chi connectivity index (χ2n) is 4.45. The molecule has 0 aromatic rings. The number of aliphatic hydroxyl groups excluding tert-OH is 1. The molecule has 0 saturated heterocycles. The summed E-state index contributed by atoms with van der Waals surface area (Å²) in [4.78, 5) is 24.2. The Morgan fingerprint density at radius 1 is 1.35 bits per heavy atom. The molecule has 0 saturated carbocycles. The summed E-state index contributed by atoms with van der Waals surface area (Å²) in [6.45, 7) is 5.18. The van der Waals surface area contributed by atoms with Crippen molar-refractivity contribution in [1.82, 2.24) is 15.5 Å². The molecule has 0 rings (SSSR count). The average molecular weight is 245 g/mol. The second-order valence-corrected chi connectivity index (χ2v) is 4.45. The van der Waals surface area contributed by atoms with Gasteiger partial charge in [-0.25, -0.2) is 4.79 Å². The third-order valence-corrected chi connectivity index (χ3v) is 2.16. The highest BCUT2D eigenvalue weighted by Gasteiger charge is 2.09. The number of likely N-dealkylation sites (N-methyl/N-ethyl adjacent to an activating group) is 1. The van der Waals surface area contributed by atoms with E-state index in [4.69, 9.17) is 5.11 Å². The molecule has 0 heterocycles. The predicted octanol–water partition coefficient (Wildman–Crippen LogP) is -0.218. The fraction of sp³-hybridized carbons (Fsp3) is 0.818. The first-order valence-electron chi connectivity index (χ1n) is 5.82. The molecule has 0 spiro atoms. The second kappa shape index (κ2) is 8.95. The van der Waals surface area contributed by atoms with Crippen LogP contribution in [-0.2, 0) is 4.79 Å². The number of carbonyl (C=O) groups is 2. The lowest BCUT2D eigenvalue weighted by Crippen LogP contribution is -2.44. The van der Waals surface area contributed by atoms with Gasteiger partial charge in [0.15, 0.2) is 0 Å². The van der Waals surface area contributed by atoms with Crippen molar-refractivity contribution >= 4 is 11.9 Å². The van der Waals surface area contributed by atoms with Crippen molar-refractivity contribution in [3.8, 4) is 0 Å². The van der Waals surface area contributed by atoms with Crippen LogP contribution in [-0.4, -0.2) is 55.2 Å². The van der Waals surface area contributed by atoms with Crippen molar-refractivity contribution in [1.29, 1.82) is 0 Å². The molecule has 3 amide bonds. The summed E-state index contributed by atoms with van der Waals surface area (Å²) in [5.41, 5.74) is 0. The van der Waals surface area contributed by atoms with E-state index in [0.717, 1.165) is 6.42 Å². The van der Waals surface area contributed by atoms with Gasteiger partial charge in [-0.05, 0) is 19.4 Å². The fourth-order valence-corrected chi connectivity index (χ4v) is 1.18. The van der Waals surface area contributed by atoms with Crippen LogP contribution in [0.5, 0.6) is 0 Å². The van der Waals surface area contributed by atoms with Crippen molar-refractivity contribution in [2.75, 3.05) is 33.3 Å². The largest absolute Gasteiger partial charge is 0.395 e. The van der Waals surface area contributed by atoms with Crippen LogP contribution in [0, 0.1) is 5.92 Å². The molecule has 3 N–H and O–H groups in total. The molecule has 0 aromatic heterocycles.